The van der Waals surface area contributed by atoms with Crippen LogP contribution in [0.2, 0.25) is 0 Å². The van der Waals surface area contributed by atoms with Gasteiger partial charge in [-0.2, -0.15) is 0 Å². The van der Waals surface area contributed by atoms with Crippen LogP contribution in [0, 0.1) is 18.7 Å². The Morgan fingerprint density at radius 2 is 1.93 bits per heavy atom. The fraction of sp³-hybridized carbons (Fsp3) is 0.682. The standard InChI is InChI=1S/C22H34FN3O/c1-4-17-15-26(13-10-20(17)24-22(27)5-2)19-8-11-25(12-9-19)21-7-6-18(23)14-16(21)3/h6-7,14,17,19-20H,4-5,8-13,15H2,1-3H3,(H,24,27)/t17-,20+/m1/s1. The smallest absolute Gasteiger partial charge is 0.219 e. The minimum absolute atomic E-state index is 0.158. The molecule has 2 aliphatic heterocycles. The Balaban J connectivity index is 1.54. The van der Waals surface area contributed by atoms with E-state index in [0.29, 0.717) is 24.4 Å². The maximum absolute atomic E-state index is 13.4. The fourth-order valence-electron chi connectivity index (χ4n) is 4.75. The van der Waals surface area contributed by atoms with Crippen LogP contribution in [0.25, 0.3) is 0 Å². The third-order valence-electron chi connectivity index (χ3n) is 6.44. The van der Waals surface area contributed by atoms with Crippen molar-refractivity contribution < 1.29 is 9.18 Å². The topological polar surface area (TPSA) is 35.6 Å². The first kappa shape index (κ1) is 20.1. The van der Waals surface area contributed by atoms with Crippen molar-refractivity contribution in [2.24, 2.45) is 5.92 Å². The first-order valence-corrected chi connectivity index (χ1v) is 10.6. The molecule has 27 heavy (non-hydrogen) atoms. The van der Waals surface area contributed by atoms with Gasteiger partial charge in [0.05, 0.1) is 0 Å². The first-order valence-electron chi connectivity index (χ1n) is 10.6. The van der Waals surface area contributed by atoms with E-state index in [1.807, 2.05) is 19.9 Å². The number of hydrogen-bond acceptors (Lipinski definition) is 3. The quantitative estimate of drug-likeness (QED) is 0.852. The van der Waals surface area contributed by atoms with Crippen molar-refractivity contribution in [1.29, 1.82) is 0 Å². The highest BCUT2D eigenvalue weighted by atomic mass is 19.1. The number of amides is 1. The molecule has 1 amide bonds. The van der Waals surface area contributed by atoms with Crippen LogP contribution in [0.1, 0.15) is 51.5 Å². The number of aryl methyl sites for hydroxylation is 1. The van der Waals surface area contributed by atoms with Gasteiger partial charge in [0.25, 0.3) is 0 Å². The average Bonchev–Trinajstić information content (AvgIpc) is 2.68. The molecule has 0 radical (unpaired) electrons. The lowest BCUT2D eigenvalue weighted by atomic mass is 9.87. The van der Waals surface area contributed by atoms with E-state index in [-0.39, 0.29) is 11.7 Å². The van der Waals surface area contributed by atoms with Crippen LogP contribution < -0.4 is 10.2 Å². The fourth-order valence-corrected chi connectivity index (χ4v) is 4.75. The summed E-state index contributed by atoms with van der Waals surface area (Å²) < 4.78 is 13.4. The molecule has 1 aromatic carbocycles. The summed E-state index contributed by atoms with van der Waals surface area (Å²) in [5.41, 5.74) is 2.19. The zero-order chi connectivity index (χ0) is 19.4. The number of rotatable bonds is 5. The van der Waals surface area contributed by atoms with Crippen LogP contribution in [0.15, 0.2) is 18.2 Å². The van der Waals surface area contributed by atoms with Crippen LogP contribution in [-0.4, -0.2) is 49.1 Å². The molecule has 2 heterocycles. The summed E-state index contributed by atoms with van der Waals surface area (Å²) in [5.74, 6) is 0.566. The van der Waals surface area contributed by atoms with E-state index in [2.05, 4.69) is 22.0 Å². The van der Waals surface area contributed by atoms with E-state index in [1.165, 1.54) is 5.69 Å². The molecule has 2 saturated heterocycles. The lowest BCUT2D eigenvalue weighted by molar-refractivity contribution is -0.122. The minimum atomic E-state index is -0.158. The molecule has 0 aliphatic carbocycles. The van der Waals surface area contributed by atoms with Crippen molar-refractivity contribution in [2.45, 2.75) is 65.0 Å². The first-order chi connectivity index (χ1) is 13.0. The van der Waals surface area contributed by atoms with Crippen molar-refractivity contribution in [3.05, 3.63) is 29.6 Å². The number of carbonyl (C=O) groups is 1. The molecular formula is C22H34FN3O. The maximum Gasteiger partial charge on any atom is 0.219 e. The van der Waals surface area contributed by atoms with Crippen molar-refractivity contribution >= 4 is 11.6 Å². The number of anilines is 1. The number of nitrogens with one attached hydrogen (secondary N) is 1. The van der Waals surface area contributed by atoms with Gasteiger partial charge in [-0.3, -0.25) is 9.69 Å². The lowest BCUT2D eigenvalue weighted by Gasteiger charge is -2.45. The normalized spacial score (nSPS) is 24.8. The predicted octanol–water partition coefficient (Wildman–Crippen LogP) is 3.73. The summed E-state index contributed by atoms with van der Waals surface area (Å²) in [5, 5.41) is 3.23. The minimum Gasteiger partial charge on any atom is -0.371 e. The third-order valence-corrected chi connectivity index (χ3v) is 6.44. The number of hydrogen-bond donors (Lipinski definition) is 1. The number of benzene rings is 1. The van der Waals surface area contributed by atoms with Gasteiger partial charge in [0.1, 0.15) is 5.82 Å². The highest BCUT2D eigenvalue weighted by Crippen LogP contribution is 2.29. The van der Waals surface area contributed by atoms with Gasteiger partial charge in [-0.05, 0) is 55.9 Å². The number of nitrogens with zero attached hydrogens (tertiary/aromatic N) is 2. The Morgan fingerprint density at radius 1 is 1.19 bits per heavy atom. The van der Waals surface area contributed by atoms with E-state index < -0.39 is 0 Å². The van der Waals surface area contributed by atoms with Crippen LogP contribution in [0.4, 0.5) is 10.1 Å². The molecule has 3 rings (SSSR count). The summed E-state index contributed by atoms with van der Waals surface area (Å²) in [6.07, 6.45) is 5.04. The van der Waals surface area contributed by atoms with Gasteiger partial charge in [-0.25, -0.2) is 4.39 Å². The van der Waals surface area contributed by atoms with Crippen LogP contribution in [0.5, 0.6) is 0 Å². The molecular weight excluding hydrogens is 341 g/mol. The second-order valence-electron chi connectivity index (χ2n) is 8.13. The van der Waals surface area contributed by atoms with E-state index in [1.54, 1.807) is 12.1 Å². The van der Waals surface area contributed by atoms with Crippen molar-refractivity contribution in [1.82, 2.24) is 10.2 Å². The van der Waals surface area contributed by atoms with E-state index in [4.69, 9.17) is 0 Å². The van der Waals surface area contributed by atoms with Crippen molar-refractivity contribution in [3.8, 4) is 0 Å². The van der Waals surface area contributed by atoms with Gasteiger partial charge in [0.2, 0.25) is 5.91 Å². The van der Waals surface area contributed by atoms with Crippen LogP contribution in [0.3, 0.4) is 0 Å². The molecule has 0 bridgehead atoms. The third kappa shape index (κ3) is 4.81. The molecule has 0 unspecified atom stereocenters. The molecule has 2 fully saturated rings. The highest BCUT2D eigenvalue weighted by Gasteiger charge is 2.33. The van der Waals surface area contributed by atoms with Crippen molar-refractivity contribution in [2.75, 3.05) is 31.1 Å². The molecule has 2 aliphatic rings. The maximum atomic E-state index is 13.4. The molecule has 1 aromatic rings. The van der Waals surface area contributed by atoms with E-state index >= 15 is 0 Å². The largest absolute Gasteiger partial charge is 0.371 e. The summed E-state index contributed by atoms with van der Waals surface area (Å²) in [6.45, 7) is 10.4. The second kappa shape index (κ2) is 9.05. The summed E-state index contributed by atoms with van der Waals surface area (Å²) >= 11 is 0. The molecule has 150 valence electrons. The number of carbonyl (C=O) groups excluding carboxylic acids is 1. The Bertz CT molecular complexity index is 642. The highest BCUT2D eigenvalue weighted by molar-refractivity contribution is 5.75. The zero-order valence-corrected chi connectivity index (χ0v) is 17.0. The van der Waals surface area contributed by atoms with E-state index in [0.717, 1.165) is 57.4 Å². The Hall–Kier alpha value is -1.62. The number of likely N-dealkylation sites (tertiary alicyclic amines) is 1. The molecule has 2 atom stereocenters. The molecule has 0 aromatic heterocycles. The van der Waals surface area contributed by atoms with Gasteiger partial charge in [-0.1, -0.05) is 20.3 Å². The Morgan fingerprint density at radius 3 is 2.56 bits per heavy atom. The van der Waals surface area contributed by atoms with Gasteiger partial charge in [0.15, 0.2) is 0 Å². The van der Waals surface area contributed by atoms with Gasteiger partial charge in [-0.15, -0.1) is 0 Å². The molecule has 1 N–H and O–H groups in total. The summed E-state index contributed by atoms with van der Waals surface area (Å²) in [4.78, 5) is 16.8. The molecule has 0 spiro atoms. The zero-order valence-electron chi connectivity index (χ0n) is 17.0. The average molecular weight is 376 g/mol. The lowest BCUT2D eigenvalue weighted by Crippen LogP contribution is -2.55. The monoisotopic (exact) mass is 375 g/mol. The molecule has 4 nitrogen and oxygen atoms in total. The number of piperidine rings is 2. The van der Waals surface area contributed by atoms with Crippen LogP contribution >= 0.6 is 0 Å². The van der Waals surface area contributed by atoms with E-state index in [9.17, 15) is 9.18 Å². The van der Waals surface area contributed by atoms with Crippen molar-refractivity contribution in [3.63, 3.8) is 0 Å². The second-order valence-corrected chi connectivity index (χ2v) is 8.13. The van der Waals surface area contributed by atoms with Gasteiger partial charge in [0, 0.05) is 50.4 Å². The van der Waals surface area contributed by atoms with Gasteiger partial charge < -0.3 is 10.2 Å². The summed E-state index contributed by atoms with van der Waals surface area (Å²) in [6, 6.07) is 6.07. The molecule has 0 saturated carbocycles. The SMILES string of the molecule is CCC(=O)N[C@H]1CCN(C2CCN(c3ccc(F)cc3C)CC2)C[C@H]1CC. The van der Waals surface area contributed by atoms with Gasteiger partial charge >= 0.3 is 0 Å². The van der Waals surface area contributed by atoms with Crippen LogP contribution in [-0.2, 0) is 4.79 Å². The Kier molecular flexibility index (Phi) is 6.74. The predicted molar refractivity (Wildman–Crippen MR) is 109 cm³/mol. The molecule has 5 heteroatoms. The Labute approximate surface area is 163 Å². The number of halogens is 1. The summed E-state index contributed by atoms with van der Waals surface area (Å²) in [7, 11) is 0.